The smallest absolute Gasteiger partial charge is 0.257 e. The van der Waals surface area contributed by atoms with Crippen molar-refractivity contribution in [3.8, 4) is 10.6 Å². The summed E-state index contributed by atoms with van der Waals surface area (Å²) in [5, 5.41) is 13.3. The van der Waals surface area contributed by atoms with Gasteiger partial charge in [0.1, 0.15) is 5.01 Å². The van der Waals surface area contributed by atoms with Gasteiger partial charge in [0.15, 0.2) is 0 Å². The predicted molar refractivity (Wildman–Crippen MR) is 103 cm³/mol. The molecule has 2 aromatic carbocycles. The summed E-state index contributed by atoms with van der Waals surface area (Å²) in [4.78, 5) is 21.0. The Bertz CT molecular complexity index is 1040. The summed E-state index contributed by atoms with van der Waals surface area (Å²) in [6.45, 7) is -0.164. The van der Waals surface area contributed by atoms with Gasteiger partial charge in [0.2, 0.25) is 0 Å². The lowest BCUT2D eigenvalue weighted by Crippen LogP contribution is -2.13. The lowest BCUT2D eigenvalue weighted by atomic mass is 10.1. The van der Waals surface area contributed by atoms with Gasteiger partial charge in [-0.25, -0.2) is 4.98 Å². The van der Waals surface area contributed by atoms with Crippen LogP contribution in [-0.2, 0) is 6.61 Å². The lowest BCUT2D eigenvalue weighted by Gasteiger charge is -2.11. The van der Waals surface area contributed by atoms with Crippen molar-refractivity contribution < 1.29 is 9.90 Å². The number of rotatable bonds is 4. The Kier molecular flexibility index (Phi) is 4.43. The first-order valence-electron chi connectivity index (χ1n) is 8.06. The largest absolute Gasteiger partial charge is 0.392 e. The molecular formula is C20H15N3O2S. The maximum absolute atomic E-state index is 12.4. The van der Waals surface area contributed by atoms with Gasteiger partial charge >= 0.3 is 0 Å². The standard InChI is InChI=1S/C20H15N3O2S/c24-12-15-8-7-13(20-23-16-5-1-2-6-18(16)26-20)10-17(15)22-19(25)14-4-3-9-21-11-14/h1-11,24H,12H2,(H,22,25). The highest BCUT2D eigenvalue weighted by Gasteiger charge is 2.12. The van der Waals surface area contributed by atoms with E-state index in [-0.39, 0.29) is 12.5 Å². The highest BCUT2D eigenvalue weighted by molar-refractivity contribution is 7.21. The number of nitrogens with one attached hydrogen (secondary N) is 1. The molecule has 0 bridgehead atoms. The van der Waals surface area contributed by atoms with E-state index in [4.69, 9.17) is 0 Å². The third kappa shape index (κ3) is 3.20. The van der Waals surface area contributed by atoms with Gasteiger partial charge in [-0.1, -0.05) is 24.3 Å². The summed E-state index contributed by atoms with van der Waals surface area (Å²) in [5.41, 5.74) is 3.51. The zero-order valence-corrected chi connectivity index (χ0v) is 14.5. The van der Waals surface area contributed by atoms with Crippen LogP contribution in [-0.4, -0.2) is 21.0 Å². The zero-order chi connectivity index (χ0) is 17.9. The Balaban J connectivity index is 1.70. The maximum atomic E-state index is 12.4. The predicted octanol–water partition coefficient (Wildman–Crippen LogP) is 4.10. The van der Waals surface area contributed by atoms with Crippen LogP contribution >= 0.6 is 11.3 Å². The second-order valence-corrected chi connectivity index (χ2v) is 6.74. The van der Waals surface area contributed by atoms with Gasteiger partial charge in [0, 0.05) is 29.2 Å². The first-order chi connectivity index (χ1) is 12.7. The number of fused-ring (bicyclic) bond motifs is 1. The number of aliphatic hydroxyl groups is 1. The first-order valence-corrected chi connectivity index (χ1v) is 8.87. The summed E-state index contributed by atoms with van der Waals surface area (Å²) in [5.74, 6) is -0.269. The van der Waals surface area contributed by atoms with Crippen LogP contribution in [0.4, 0.5) is 5.69 Å². The van der Waals surface area contributed by atoms with Crippen LogP contribution in [0.15, 0.2) is 67.0 Å². The molecule has 0 aliphatic carbocycles. The number of aromatic nitrogens is 2. The number of aliphatic hydroxyl groups excluding tert-OH is 1. The van der Waals surface area contributed by atoms with Gasteiger partial charge < -0.3 is 10.4 Å². The van der Waals surface area contributed by atoms with Crippen molar-refractivity contribution >= 4 is 33.1 Å². The Morgan fingerprint density at radius 3 is 2.77 bits per heavy atom. The molecule has 6 heteroatoms. The molecular weight excluding hydrogens is 346 g/mol. The van der Waals surface area contributed by atoms with Crippen LogP contribution in [0.2, 0.25) is 0 Å². The highest BCUT2D eigenvalue weighted by Crippen LogP contribution is 2.32. The van der Waals surface area contributed by atoms with Crippen LogP contribution in [0.1, 0.15) is 15.9 Å². The van der Waals surface area contributed by atoms with Crippen molar-refractivity contribution in [2.24, 2.45) is 0 Å². The second kappa shape index (κ2) is 7.03. The molecule has 0 atom stereocenters. The van der Waals surface area contributed by atoms with E-state index >= 15 is 0 Å². The quantitative estimate of drug-likeness (QED) is 0.574. The van der Waals surface area contributed by atoms with Gasteiger partial charge in [-0.15, -0.1) is 11.3 Å². The van der Waals surface area contributed by atoms with Crippen LogP contribution in [0.5, 0.6) is 0 Å². The molecule has 0 radical (unpaired) electrons. The number of benzene rings is 2. The van der Waals surface area contributed by atoms with E-state index in [2.05, 4.69) is 15.3 Å². The van der Waals surface area contributed by atoms with E-state index in [0.29, 0.717) is 16.8 Å². The number of amides is 1. The fraction of sp³-hybridized carbons (Fsp3) is 0.0500. The van der Waals surface area contributed by atoms with Crippen LogP contribution in [0, 0.1) is 0 Å². The number of thiazole rings is 1. The molecule has 0 saturated heterocycles. The average Bonchev–Trinajstić information content (AvgIpc) is 3.13. The van der Waals surface area contributed by atoms with Crippen molar-refractivity contribution in [2.75, 3.05) is 5.32 Å². The molecule has 4 rings (SSSR count). The molecule has 2 aromatic heterocycles. The molecule has 4 aromatic rings. The van der Waals surface area contributed by atoms with Gasteiger partial charge in [-0.2, -0.15) is 0 Å². The first kappa shape index (κ1) is 16.4. The Morgan fingerprint density at radius 2 is 2.00 bits per heavy atom. The van der Waals surface area contributed by atoms with Crippen molar-refractivity contribution in [2.45, 2.75) is 6.61 Å². The SMILES string of the molecule is O=C(Nc1cc(-c2nc3ccccc3s2)ccc1CO)c1cccnc1. The van der Waals surface area contributed by atoms with Crippen molar-refractivity contribution in [3.05, 3.63) is 78.1 Å². The molecule has 0 spiro atoms. The van der Waals surface area contributed by atoms with Crippen LogP contribution in [0.3, 0.4) is 0 Å². The Labute approximate surface area is 154 Å². The minimum Gasteiger partial charge on any atom is -0.392 e. The fourth-order valence-corrected chi connectivity index (χ4v) is 3.61. The second-order valence-electron chi connectivity index (χ2n) is 5.71. The number of carbonyl (C=O) groups is 1. The van der Waals surface area contributed by atoms with E-state index in [1.54, 1.807) is 35.7 Å². The molecule has 5 nitrogen and oxygen atoms in total. The molecule has 0 saturated carbocycles. The number of hydrogen-bond acceptors (Lipinski definition) is 5. The van der Waals surface area contributed by atoms with E-state index in [9.17, 15) is 9.90 Å². The normalized spacial score (nSPS) is 10.8. The topological polar surface area (TPSA) is 75.1 Å². The highest BCUT2D eigenvalue weighted by atomic mass is 32.1. The minimum absolute atomic E-state index is 0.164. The third-order valence-corrected chi connectivity index (χ3v) is 5.08. The van der Waals surface area contributed by atoms with Gasteiger partial charge in [0.05, 0.1) is 22.4 Å². The molecule has 0 fully saturated rings. The van der Waals surface area contributed by atoms with E-state index in [1.807, 2.05) is 36.4 Å². The van der Waals surface area contributed by atoms with E-state index in [0.717, 1.165) is 20.8 Å². The number of pyridine rings is 1. The van der Waals surface area contributed by atoms with Gasteiger partial charge in [0.25, 0.3) is 5.91 Å². The zero-order valence-electron chi connectivity index (χ0n) is 13.7. The molecule has 0 unspecified atom stereocenters. The van der Waals surface area contributed by atoms with E-state index < -0.39 is 0 Å². The summed E-state index contributed by atoms with van der Waals surface area (Å²) in [6, 6.07) is 16.9. The molecule has 128 valence electrons. The van der Waals surface area contributed by atoms with E-state index in [1.165, 1.54) is 6.20 Å². The molecule has 2 heterocycles. The third-order valence-electron chi connectivity index (χ3n) is 3.99. The molecule has 0 aliphatic heterocycles. The van der Waals surface area contributed by atoms with Crippen molar-refractivity contribution in [1.29, 1.82) is 0 Å². The Hall–Kier alpha value is -3.09. The number of para-hydroxylation sites is 1. The van der Waals surface area contributed by atoms with Crippen molar-refractivity contribution in [3.63, 3.8) is 0 Å². The summed E-state index contributed by atoms with van der Waals surface area (Å²) in [7, 11) is 0. The number of hydrogen-bond donors (Lipinski definition) is 2. The Morgan fingerprint density at radius 1 is 1.12 bits per heavy atom. The van der Waals surface area contributed by atoms with Crippen LogP contribution < -0.4 is 5.32 Å². The summed E-state index contributed by atoms with van der Waals surface area (Å²) in [6.07, 6.45) is 3.12. The van der Waals surface area contributed by atoms with Crippen LogP contribution in [0.25, 0.3) is 20.8 Å². The molecule has 0 aliphatic rings. The van der Waals surface area contributed by atoms with Crippen molar-refractivity contribution in [1.82, 2.24) is 9.97 Å². The minimum atomic E-state index is -0.269. The molecule has 2 N–H and O–H groups in total. The summed E-state index contributed by atoms with van der Waals surface area (Å²) < 4.78 is 1.11. The summed E-state index contributed by atoms with van der Waals surface area (Å²) >= 11 is 1.59. The monoisotopic (exact) mass is 361 g/mol. The van der Waals surface area contributed by atoms with Gasteiger partial charge in [-0.05, 0) is 30.3 Å². The number of anilines is 1. The fourth-order valence-electron chi connectivity index (χ4n) is 2.65. The molecule has 1 amide bonds. The number of nitrogens with zero attached hydrogens (tertiary/aromatic N) is 2. The van der Waals surface area contributed by atoms with Gasteiger partial charge in [-0.3, -0.25) is 9.78 Å². The average molecular weight is 361 g/mol. The maximum Gasteiger partial charge on any atom is 0.257 e. The lowest BCUT2D eigenvalue weighted by molar-refractivity contribution is 0.102. The molecule has 26 heavy (non-hydrogen) atoms. The number of carbonyl (C=O) groups excluding carboxylic acids is 1.